The average molecular weight is 731 g/mol. The zero-order valence-electron chi connectivity index (χ0n) is 31.8. The van der Waals surface area contributed by atoms with E-state index in [1.165, 1.54) is 49.7 Å². The molecule has 1 aromatic heterocycles. The quantitative estimate of drug-likeness (QED) is 0.181. The van der Waals surface area contributed by atoms with Crippen molar-refractivity contribution >= 4 is 10.8 Å². The van der Waals surface area contributed by atoms with E-state index in [2.05, 4.69) is 190 Å². The molecule has 3 heteroatoms. The third kappa shape index (κ3) is 5.05. The van der Waals surface area contributed by atoms with Crippen molar-refractivity contribution in [1.29, 1.82) is 0 Å². The van der Waals surface area contributed by atoms with Crippen LogP contribution in [-0.2, 0) is 10.8 Å². The molecule has 8 aromatic carbocycles. The number of hydrogen-bond donors (Lipinski definition) is 0. The fourth-order valence-corrected chi connectivity index (χ4v) is 9.54. The minimum Gasteiger partial charge on any atom is -0.457 e. The van der Waals surface area contributed by atoms with Gasteiger partial charge in [-0.25, -0.2) is 9.97 Å². The zero-order valence-corrected chi connectivity index (χ0v) is 31.8. The maximum absolute atomic E-state index is 6.62. The third-order valence-corrected chi connectivity index (χ3v) is 12.2. The van der Waals surface area contributed by atoms with Crippen LogP contribution in [0.4, 0.5) is 0 Å². The molecular formula is C54H38N2O. The highest BCUT2D eigenvalue weighted by Gasteiger charge is 2.52. The van der Waals surface area contributed by atoms with Crippen LogP contribution in [-0.4, -0.2) is 9.97 Å². The molecule has 0 radical (unpaired) electrons. The number of nitrogens with zero attached hydrogens (tertiary/aromatic N) is 2. The van der Waals surface area contributed by atoms with Gasteiger partial charge in [0.15, 0.2) is 5.82 Å². The molecule has 0 saturated heterocycles. The fraction of sp³-hybridized carbons (Fsp3) is 0.0741. The van der Waals surface area contributed by atoms with Crippen LogP contribution >= 0.6 is 0 Å². The molecule has 0 unspecified atom stereocenters. The van der Waals surface area contributed by atoms with Gasteiger partial charge < -0.3 is 4.74 Å². The molecule has 0 bridgehead atoms. The van der Waals surface area contributed by atoms with Crippen LogP contribution in [0.2, 0.25) is 0 Å². The van der Waals surface area contributed by atoms with E-state index >= 15 is 0 Å². The molecule has 1 spiro atoms. The van der Waals surface area contributed by atoms with Crippen molar-refractivity contribution in [2.75, 3.05) is 0 Å². The molecule has 1 aliphatic carbocycles. The van der Waals surface area contributed by atoms with Crippen molar-refractivity contribution in [3.05, 3.63) is 228 Å². The second kappa shape index (κ2) is 12.7. The summed E-state index contributed by atoms with van der Waals surface area (Å²) in [5, 5.41) is 2.36. The molecular weight excluding hydrogens is 693 g/mol. The SMILES string of the molecule is CC1(C)c2ccccc2C2(c3ccccc3Oc3ccccc32)c2ccc(-c3cccc(-c4cc(-c5cccc6ccccc56)nc(-c5ccccc5)n4)c3)cc21. The summed E-state index contributed by atoms with van der Waals surface area (Å²) in [5.74, 6) is 2.50. The predicted molar refractivity (Wildman–Crippen MR) is 232 cm³/mol. The van der Waals surface area contributed by atoms with Crippen LogP contribution in [0.25, 0.3) is 55.8 Å². The highest BCUT2D eigenvalue weighted by molar-refractivity contribution is 5.96. The molecule has 0 amide bonds. The van der Waals surface area contributed by atoms with Crippen LogP contribution in [0.15, 0.2) is 194 Å². The largest absolute Gasteiger partial charge is 0.457 e. The van der Waals surface area contributed by atoms with Gasteiger partial charge in [-0.15, -0.1) is 0 Å². The van der Waals surface area contributed by atoms with Gasteiger partial charge in [0.1, 0.15) is 11.5 Å². The summed E-state index contributed by atoms with van der Waals surface area (Å²) in [6.45, 7) is 4.74. The fourth-order valence-electron chi connectivity index (χ4n) is 9.54. The molecule has 1 aliphatic heterocycles. The monoisotopic (exact) mass is 730 g/mol. The summed E-state index contributed by atoms with van der Waals surface area (Å²) in [7, 11) is 0. The molecule has 2 aliphatic rings. The Kier molecular flexibility index (Phi) is 7.42. The third-order valence-electron chi connectivity index (χ3n) is 12.2. The topological polar surface area (TPSA) is 35.0 Å². The van der Waals surface area contributed by atoms with E-state index in [1.807, 2.05) is 18.2 Å². The van der Waals surface area contributed by atoms with Crippen molar-refractivity contribution in [1.82, 2.24) is 9.97 Å². The van der Waals surface area contributed by atoms with Crippen LogP contribution in [0.3, 0.4) is 0 Å². The van der Waals surface area contributed by atoms with E-state index in [0.717, 1.165) is 45.1 Å². The van der Waals surface area contributed by atoms with Crippen LogP contribution in [0.1, 0.15) is 47.2 Å². The molecule has 11 rings (SSSR count). The standard InChI is InChI=1S/C54H38N2O/c1-53(2)42-24-8-9-25-43(42)54(45-26-10-12-28-50(45)57-51-29-13-11-27-46(51)54)44-31-30-38(33-47(44)53)37-20-14-21-39(32-37)48-34-49(56-52(55-48)36-17-4-3-5-18-36)41-23-15-19-35-16-6-7-22-40(35)41/h3-34H,1-2H3. The van der Waals surface area contributed by atoms with Gasteiger partial charge in [-0.1, -0.05) is 178 Å². The minimum absolute atomic E-state index is 0.266. The second-order valence-corrected chi connectivity index (χ2v) is 15.7. The Bertz CT molecular complexity index is 2980. The Labute approximate surface area is 333 Å². The number of aromatic nitrogens is 2. The maximum atomic E-state index is 6.62. The molecule has 0 saturated carbocycles. The minimum atomic E-state index is -0.542. The Hall–Kier alpha value is -7.10. The van der Waals surface area contributed by atoms with Gasteiger partial charge in [-0.05, 0) is 74.5 Å². The zero-order chi connectivity index (χ0) is 38.1. The van der Waals surface area contributed by atoms with Gasteiger partial charge in [0.25, 0.3) is 0 Å². The lowest BCUT2D eigenvalue weighted by atomic mass is 9.53. The molecule has 0 N–H and O–H groups in total. The molecule has 0 atom stereocenters. The first-order chi connectivity index (χ1) is 28.0. The van der Waals surface area contributed by atoms with Gasteiger partial charge >= 0.3 is 0 Å². The van der Waals surface area contributed by atoms with E-state index in [0.29, 0.717) is 5.82 Å². The van der Waals surface area contributed by atoms with Crippen molar-refractivity contribution in [2.24, 2.45) is 0 Å². The molecule has 57 heavy (non-hydrogen) atoms. The number of ether oxygens (including phenoxy) is 1. The Morgan fingerprint density at radius 1 is 0.386 bits per heavy atom. The first kappa shape index (κ1) is 33.3. The van der Waals surface area contributed by atoms with Crippen molar-refractivity contribution in [3.63, 3.8) is 0 Å². The van der Waals surface area contributed by atoms with Crippen molar-refractivity contribution in [3.8, 4) is 56.5 Å². The summed E-state index contributed by atoms with van der Waals surface area (Å²) in [6.07, 6.45) is 0. The summed E-state index contributed by atoms with van der Waals surface area (Å²) < 4.78 is 6.62. The van der Waals surface area contributed by atoms with Crippen molar-refractivity contribution < 1.29 is 4.74 Å². The van der Waals surface area contributed by atoms with Gasteiger partial charge in [-0.2, -0.15) is 0 Å². The summed E-state index contributed by atoms with van der Waals surface area (Å²) in [6, 6.07) is 69.4. The Balaban J connectivity index is 1.10. The normalized spacial score (nSPS) is 14.2. The predicted octanol–water partition coefficient (Wildman–Crippen LogP) is 13.4. The number of para-hydroxylation sites is 2. The number of benzene rings is 8. The van der Waals surface area contributed by atoms with Gasteiger partial charge in [-0.3, -0.25) is 0 Å². The van der Waals surface area contributed by atoms with Crippen LogP contribution < -0.4 is 4.74 Å². The lowest BCUT2D eigenvalue weighted by Crippen LogP contribution is -2.43. The van der Waals surface area contributed by atoms with Crippen LogP contribution in [0, 0.1) is 0 Å². The van der Waals surface area contributed by atoms with E-state index in [1.54, 1.807) is 0 Å². The summed E-state index contributed by atoms with van der Waals surface area (Å²) in [5.41, 5.74) is 14.0. The van der Waals surface area contributed by atoms with Crippen LogP contribution in [0.5, 0.6) is 11.5 Å². The highest BCUT2D eigenvalue weighted by Crippen LogP contribution is 2.61. The number of rotatable bonds is 4. The number of fused-ring (bicyclic) bond motifs is 9. The Morgan fingerprint density at radius 2 is 0.947 bits per heavy atom. The lowest BCUT2D eigenvalue weighted by Gasteiger charge is -2.50. The summed E-state index contributed by atoms with van der Waals surface area (Å²) >= 11 is 0. The number of hydrogen-bond acceptors (Lipinski definition) is 3. The molecule has 270 valence electrons. The van der Waals surface area contributed by atoms with E-state index in [9.17, 15) is 0 Å². The van der Waals surface area contributed by atoms with E-state index in [-0.39, 0.29) is 5.41 Å². The lowest BCUT2D eigenvalue weighted by molar-refractivity contribution is 0.425. The van der Waals surface area contributed by atoms with E-state index < -0.39 is 5.41 Å². The maximum Gasteiger partial charge on any atom is 0.160 e. The smallest absolute Gasteiger partial charge is 0.160 e. The first-order valence-corrected chi connectivity index (χ1v) is 19.7. The molecule has 0 fully saturated rings. The average Bonchev–Trinajstić information content (AvgIpc) is 3.28. The first-order valence-electron chi connectivity index (χ1n) is 19.7. The van der Waals surface area contributed by atoms with Crippen molar-refractivity contribution in [2.45, 2.75) is 24.7 Å². The Morgan fingerprint density at radius 3 is 1.74 bits per heavy atom. The van der Waals surface area contributed by atoms with Gasteiger partial charge in [0.2, 0.25) is 0 Å². The molecule has 3 nitrogen and oxygen atoms in total. The van der Waals surface area contributed by atoms with E-state index in [4.69, 9.17) is 14.7 Å². The highest BCUT2D eigenvalue weighted by atomic mass is 16.5. The summed E-state index contributed by atoms with van der Waals surface area (Å²) in [4.78, 5) is 10.4. The van der Waals surface area contributed by atoms with Gasteiger partial charge in [0, 0.05) is 33.2 Å². The molecule has 9 aromatic rings. The second-order valence-electron chi connectivity index (χ2n) is 15.7. The van der Waals surface area contributed by atoms with Gasteiger partial charge in [0.05, 0.1) is 16.8 Å². The molecule has 2 heterocycles.